The van der Waals surface area contributed by atoms with Crippen LogP contribution in [0.5, 0.6) is 5.75 Å². The van der Waals surface area contributed by atoms with Gasteiger partial charge in [0.2, 0.25) is 0 Å². The van der Waals surface area contributed by atoms with Crippen LogP contribution in [0.3, 0.4) is 0 Å². The highest BCUT2D eigenvalue weighted by Crippen LogP contribution is 2.23. The molecule has 6 nitrogen and oxygen atoms in total. The topological polar surface area (TPSA) is 87.7 Å². The van der Waals surface area contributed by atoms with E-state index in [2.05, 4.69) is 10.6 Å². The average Bonchev–Trinajstić information content (AvgIpc) is 2.62. The summed E-state index contributed by atoms with van der Waals surface area (Å²) in [5.74, 6) is -1.15. The molecule has 0 aliphatic heterocycles. The number of carbonyl (C=O) groups is 2. The van der Waals surface area contributed by atoms with Gasteiger partial charge in [0, 0.05) is 6.54 Å². The fourth-order valence-corrected chi connectivity index (χ4v) is 2.09. The first kappa shape index (κ1) is 17.5. The number of nitrogens with one attached hydrogen (secondary N) is 2. The Morgan fingerprint density at radius 2 is 1.71 bits per heavy atom. The first-order valence-corrected chi connectivity index (χ1v) is 7.65. The van der Waals surface area contributed by atoms with Crippen LogP contribution in [0.25, 0.3) is 0 Å². The highest BCUT2D eigenvalue weighted by atomic mass is 16.5. The van der Waals surface area contributed by atoms with E-state index in [4.69, 9.17) is 4.74 Å². The number of aliphatic hydroxyl groups is 1. The quantitative estimate of drug-likeness (QED) is 0.707. The van der Waals surface area contributed by atoms with Gasteiger partial charge in [-0.1, -0.05) is 42.5 Å². The molecule has 0 spiro atoms. The van der Waals surface area contributed by atoms with Gasteiger partial charge in [-0.15, -0.1) is 0 Å². The molecule has 0 heterocycles. The van der Waals surface area contributed by atoms with Crippen molar-refractivity contribution in [2.24, 2.45) is 0 Å². The monoisotopic (exact) mass is 328 g/mol. The first-order valence-electron chi connectivity index (χ1n) is 7.65. The molecule has 3 N–H and O–H groups in total. The molecule has 0 aromatic heterocycles. The van der Waals surface area contributed by atoms with Crippen LogP contribution in [0, 0.1) is 0 Å². The molecule has 24 heavy (non-hydrogen) atoms. The second-order valence-corrected chi connectivity index (χ2v) is 5.02. The Morgan fingerprint density at radius 3 is 2.42 bits per heavy atom. The summed E-state index contributed by atoms with van der Waals surface area (Å²) in [5, 5.41) is 14.9. The molecule has 2 aromatic rings. The van der Waals surface area contributed by atoms with E-state index >= 15 is 0 Å². The highest BCUT2D eigenvalue weighted by molar-refractivity contribution is 6.39. The van der Waals surface area contributed by atoms with Crippen molar-refractivity contribution in [1.29, 1.82) is 0 Å². The van der Waals surface area contributed by atoms with Gasteiger partial charge in [0.05, 0.1) is 18.4 Å². The van der Waals surface area contributed by atoms with E-state index in [1.165, 1.54) is 0 Å². The number of hydrogen-bond acceptors (Lipinski definition) is 4. The summed E-state index contributed by atoms with van der Waals surface area (Å²) in [6, 6.07) is 15.8. The van der Waals surface area contributed by atoms with Crippen LogP contribution in [-0.4, -0.2) is 30.1 Å². The average molecular weight is 328 g/mol. The van der Waals surface area contributed by atoms with Gasteiger partial charge in [-0.3, -0.25) is 9.59 Å². The van der Waals surface area contributed by atoms with Crippen LogP contribution in [0.15, 0.2) is 54.6 Å². The maximum absolute atomic E-state index is 12.0. The van der Waals surface area contributed by atoms with Gasteiger partial charge < -0.3 is 20.5 Å². The number of anilines is 1. The van der Waals surface area contributed by atoms with Crippen LogP contribution < -0.4 is 15.4 Å². The number of amides is 2. The molecule has 0 saturated carbocycles. The van der Waals surface area contributed by atoms with E-state index in [9.17, 15) is 14.7 Å². The Hall–Kier alpha value is -2.86. The third kappa shape index (κ3) is 4.82. The van der Waals surface area contributed by atoms with Crippen molar-refractivity contribution < 1.29 is 19.4 Å². The first-order chi connectivity index (χ1) is 11.6. The van der Waals surface area contributed by atoms with Gasteiger partial charge in [-0.05, 0) is 24.6 Å². The van der Waals surface area contributed by atoms with Crippen molar-refractivity contribution >= 4 is 17.5 Å². The second kappa shape index (κ2) is 8.69. The minimum atomic E-state index is -0.876. The number of ether oxygens (including phenoxy) is 1. The second-order valence-electron chi connectivity index (χ2n) is 5.02. The van der Waals surface area contributed by atoms with Crippen molar-refractivity contribution in [2.75, 3.05) is 18.5 Å². The largest absolute Gasteiger partial charge is 0.492 e. The number of carbonyl (C=O) groups excluding carboxylic acids is 2. The third-order valence-corrected chi connectivity index (χ3v) is 3.28. The van der Waals surface area contributed by atoms with Crippen molar-refractivity contribution in [2.45, 2.75) is 13.0 Å². The lowest BCUT2D eigenvalue weighted by molar-refractivity contribution is -0.136. The number of rotatable bonds is 6. The lowest BCUT2D eigenvalue weighted by Gasteiger charge is -2.13. The zero-order valence-corrected chi connectivity index (χ0v) is 13.4. The minimum absolute atomic E-state index is 0.0522. The fourth-order valence-electron chi connectivity index (χ4n) is 2.09. The maximum atomic E-state index is 12.0. The predicted octanol–water partition coefficient (Wildman–Crippen LogP) is 1.87. The van der Waals surface area contributed by atoms with Gasteiger partial charge in [0.1, 0.15) is 5.75 Å². The molecule has 0 aliphatic carbocycles. The Labute approximate surface area is 140 Å². The molecular formula is C18H20N2O4. The van der Waals surface area contributed by atoms with Crippen molar-refractivity contribution in [1.82, 2.24) is 5.32 Å². The molecule has 6 heteroatoms. The molecule has 2 amide bonds. The predicted molar refractivity (Wildman–Crippen MR) is 90.7 cm³/mol. The van der Waals surface area contributed by atoms with Crippen LogP contribution >= 0.6 is 0 Å². The summed E-state index contributed by atoms with van der Waals surface area (Å²) in [6.45, 7) is 2.22. The fraction of sp³-hybridized carbons (Fsp3) is 0.222. The SMILES string of the molecule is CCOc1ccccc1NC(=O)C(=O)NC[C@H](O)c1ccccc1. The van der Waals surface area contributed by atoms with Gasteiger partial charge in [0.25, 0.3) is 0 Å². The van der Waals surface area contributed by atoms with E-state index in [0.29, 0.717) is 23.6 Å². The smallest absolute Gasteiger partial charge is 0.313 e. The van der Waals surface area contributed by atoms with Gasteiger partial charge in [0.15, 0.2) is 0 Å². The Balaban J connectivity index is 1.90. The zero-order chi connectivity index (χ0) is 17.4. The Kier molecular flexibility index (Phi) is 6.33. The number of para-hydroxylation sites is 2. The standard InChI is InChI=1S/C18H20N2O4/c1-2-24-16-11-7-6-10-14(16)20-18(23)17(22)19-12-15(21)13-8-4-3-5-9-13/h3-11,15,21H,2,12H2,1H3,(H,19,22)(H,20,23)/t15-/m0/s1. The number of aliphatic hydroxyl groups excluding tert-OH is 1. The summed E-state index contributed by atoms with van der Waals surface area (Å²) < 4.78 is 5.39. The molecule has 0 fully saturated rings. The van der Waals surface area contributed by atoms with Gasteiger partial charge >= 0.3 is 11.8 Å². The third-order valence-electron chi connectivity index (χ3n) is 3.28. The molecule has 0 saturated heterocycles. The molecule has 0 bridgehead atoms. The van der Waals surface area contributed by atoms with Gasteiger partial charge in [-0.2, -0.15) is 0 Å². The normalized spacial score (nSPS) is 11.4. The van der Waals surface area contributed by atoms with Gasteiger partial charge in [-0.25, -0.2) is 0 Å². The summed E-state index contributed by atoms with van der Waals surface area (Å²) >= 11 is 0. The summed E-state index contributed by atoms with van der Waals surface area (Å²) in [7, 11) is 0. The molecule has 2 rings (SSSR count). The minimum Gasteiger partial charge on any atom is -0.492 e. The summed E-state index contributed by atoms with van der Waals surface area (Å²) in [6.07, 6.45) is -0.876. The molecule has 126 valence electrons. The number of benzene rings is 2. The zero-order valence-electron chi connectivity index (χ0n) is 13.4. The molecule has 1 atom stereocenters. The summed E-state index contributed by atoms with van der Waals surface area (Å²) in [5.41, 5.74) is 1.09. The van der Waals surface area contributed by atoms with E-state index in [-0.39, 0.29) is 6.54 Å². The highest BCUT2D eigenvalue weighted by Gasteiger charge is 2.17. The summed E-state index contributed by atoms with van der Waals surface area (Å²) in [4.78, 5) is 23.8. The van der Waals surface area contributed by atoms with Crippen molar-refractivity contribution in [3.63, 3.8) is 0 Å². The van der Waals surface area contributed by atoms with Crippen LogP contribution in [0.4, 0.5) is 5.69 Å². The Morgan fingerprint density at radius 1 is 1.04 bits per heavy atom. The lowest BCUT2D eigenvalue weighted by atomic mass is 10.1. The molecule has 0 radical (unpaired) electrons. The Bertz CT molecular complexity index is 688. The van der Waals surface area contributed by atoms with Crippen molar-refractivity contribution in [3.8, 4) is 5.75 Å². The molecule has 2 aromatic carbocycles. The lowest BCUT2D eigenvalue weighted by Crippen LogP contribution is -2.37. The van der Waals surface area contributed by atoms with E-state index in [1.54, 1.807) is 48.5 Å². The number of hydrogen-bond donors (Lipinski definition) is 3. The molecular weight excluding hydrogens is 308 g/mol. The maximum Gasteiger partial charge on any atom is 0.313 e. The van der Waals surface area contributed by atoms with Crippen LogP contribution in [0.2, 0.25) is 0 Å². The molecule has 0 aliphatic rings. The van der Waals surface area contributed by atoms with E-state index in [1.807, 2.05) is 13.0 Å². The van der Waals surface area contributed by atoms with E-state index in [0.717, 1.165) is 0 Å². The van der Waals surface area contributed by atoms with Crippen LogP contribution in [-0.2, 0) is 9.59 Å². The van der Waals surface area contributed by atoms with Crippen LogP contribution in [0.1, 0.15) is 18.6 Å². The molecule has 0 unspecified atom stereocenters. The van der Waals surface area contributed by atoms with E-state index < -0.39 is 17.9 Å². The van der Waals surface area contributed by atoms with Crippen molar-refractivity contribution in [3.05, 3.63) is 60.2 Å².